The van der Waals surface area contributed by atoms with Gasteiger partial charge in [0.15, 0.2) is 0 Å². The van der Waals surface area contributed by atoms with Crippen molar-refractivity contribution in [2.24, 2.45) is 0 Å². The Labute approximate surface area is 136 Å². The van der Waals surface area contributed by atoms with Gasteiger partial charge < -0.3 is 14.8 Å². The molecule has 0 saturated heterocycles. The quantitative estimate of drug-likeness (QED) is 0.882. The lowest BCUT2D eigenvalue weighted by Gasteiger charge is -2.15. The Kier molecular flexibility index (Phi) is 4.63. The Morgan fingerprint density at radius 3 is 2.74 bits per heavy atom. The molecule has 23 heavy (non-hydrogen) atoms. The molecule has 0 amide bonds. The van der Waals surface area contributed by atoms with E-state index in [1.54, 1.807) is 12.1 Å². The van der Waals surface area contributed by atoms with Crippen LogP contribution in [0, 0.1) is 0 Å². The van der Waals surface area contributed by atoms with Gasteiger partial charge in [-0.15, -0.1) is 0 Å². The first kappa shape index (κ1) is 15.6. The second-order valence-electron chi connectivity index (χ2n) is 5.93. The molecule has 1 atom stereocenters. The minimum Gasteiger partial charge on any atom is -0.491 e. The zero-order valence-corrected chi connectivity index (χ0v) is 13.4. The lowest BCUT2D eigenvalue weighted by Crippen LogP contribution is -2.23. The van der Waals surface area contributed by atoms with E-state index in [2.05, 4.69) is 17.4 Å². The molecule has 4 nitrogen and oxygen atoms in total. The van der Waals surface area contributed by atoms with Crippen molar-refractivity contribution in [1.82, 2.24) is 5.32 Å². The molecule has 0 aliphatic carbocycles. The van der Waals surface area contributed by atoms with Gasteiger partial charge in [-0.3, -0.25) is 0 Å². The molecule has 2 aromatic carbocycles. The Morgan fingerprint density at radius 1 is 1.22 bits per heavy atom. The molecule has 0 fully saturated rings. The van der Waals surface area contributed by atoms with Crippen LogP contribution in [0.5, 0.6) is 5.75 Å². The maximum atomic E-state index is 12.0. The van der Waals surface area contributed by atoms with Crippen LogP contribution in [0.3, 0.4) is 0 Å². The van der Waals surface area contributed by atoms with Gasteiger partial charge in [0.1, 0.15) is 12.4 Å². The van der Waals surface area contributed by atoms with E-state index in [9.17, 15) is 4.79 Å². The van der Waals surface area contributed by atoms with E-state index in [-0.39, 0.29) is 18.1 Å². The number of hydrogen-bond acceptors (Lipinski definition) is 4. The molecule has 1 aliphatic rings. The van der Waals surface area contributed by atoms with E-state index >= 15 is 0 Å². The largest absolute Gasteiger partial charge is 0.491 e. The van der Waals surface area contributed by atoms with Crippen molar-refractivity contribution >= 4 is 5.97 Å². The van der Waals surface area contributed by atoms with Crippen molar-refractivity contribution in [3.63, 3.8) is 0 Å². The molecule has 2 aromatic rings. The third-order valence-corrected chi connectivity index (χ3v) is 3.79. The van der Waals surface area contributed by atoms with E-state index < -0.39 is 0 Å². The number of esters is 1. The maximum Gasteiger partial charge on any atom is 0.338 e. The van der Waals surface area contributed by atoms with Crippen LogP contribution in [0.15, 0.2) is 48.5 Å². The summed E-state index contributed by atoms with van der Waals surface area (Å²) in [5.41, 5.74) is 2.76. The van der Waals surface area contributed by atoms with E-state index in [1.165, 1.54) is 5.56 Å². The fourth-order valence-corrected chi connectivity index (χ4v) is 2.61. The van der Waals surface area contributed by atoms with Gasteiger partial charge in [-0.05, 0) is 31.5 Å². The molecule has 0 bridgehead atoms. The summed E-state index contributed by atoms with van der Waals surface area (Å²) >= 11 is 0. The molecule has 0 aromatic heterocycles. The van der Waals surface area contributed by atoms with Crippen molar-refractivity contribution in [3.05, 3.63) is 65.2 Å². The predicted molar refractivity (Wildman–Crippen MR) is 88.5 cm³/mol. The number of ether oxygens (including phenoxy) is 2. The molecule has 4 heteroatoms. The zero-order chi connectivity index (χ0) is 16.2. The highest BCUT2D eigenvalue weighted by Gasteiger charge is 2.19. The first-order valence-electron chi connectivity index (χ1n) is 7.88. The molecule has 1 heterocycles. The summed E-state index contributed by atoms with van der Waals surface area (Å²) in [6.07, 6.45) is -0.133. The normalized spacial score (nSPS) is 17.1. The van der Waals surface area contributed by atoms with Crippen molar-refractivity contribution in [2.75, 3.05) is 6.61 Å². The zero-order valence-electron chi connectivity index (χ0n) is 13.4. The maximum absolute atomic E-state index is 12.0. The summed E-state index contributed by atoms with van der Waals surface area (Å²) in [5, 5.41) is 3.49. The Bertz CT molecular complexity index is 682. The average Bonchev–Trinajstić information content (AvgIpc) is 2.77. The summed E-state index contributed by atoms with van der Waals surface area (Å²) in [6.45, 7) is 4.91. The van der Waals surface area contributed by atoms with Crippen molar-refractivity contribution in [2.45, 2.75) is 32.5 Å². The predicted octanol–water partition coefficient (Wildman–Crippen LogP) is 3.48. The SMILES string of the molecule is CC(C)OC(=O)c1ccc2c(c1)OC[C@H](c1ccccc1)NC2. The molecular formula is C19H21NO3. The highest BCUT2D eigenvalue weighted by molar-refractivity contribution is 5.90. The monoisotopic (exact) mass is 311 g/mol. The third-order valence-electron chi connectivity index (χ3n) is 3.79. The first-order valence-corrected chi connectivity index (χ1v) is 7.88. The number of nitrogens with one attached hydrogen (secondary N) is 1. The van der Waals surface area contributed by atoms with Gasteiger partial charge in [0, 0.05) is 12.1 Å². The van der Waals surface area contributed by atoms with Gasteiger partial charge in [-0.1, -0.05) is 36.4 Å². The van der Waals surface area contributed by atoms with Crippen LogP contribution in [-0.2, 0) is 11.3 Å². The summed E-state index contributed by atoms with van der Waals surface area (Å²) in [4.78, 5) is 12.0. The van der Waals surface area contributed by atoms with Crippen LogP contribution in [0.1, 0.15) is 41.4 Å². The average molecular weight is 311 g/mol. The van der Waals surface area contributed by atoms with Crippen LogP contribution < -0.4 is 10.1 Å². The summed E-state index contributed by atoms with van der Waals surface area (Å²) in [7, 11) is 0. The smallest absolute Gasteiger partial charge is 0.338 e. The number of carbonyl (C=O) groups excluding carboxylic acids is 1. The Hall–Kier alpha value is -2.33. The standard InChI is InChI=1S/C19H21NO3/c1-13(2)23-19(21)15-8-9-16-11-20-17(12-22-18(16)10-15)14-6-4-3-5-7-14/h3-10,13,17,20H,11-12H2,1-2H3/t17-/m1/s1. The highest BCUT2D eigenvalue weighted by atomic mass is 16.5. The van der Waals surface area contributed by atoms with Gasteiger partial charge in [-0.25, -0.2) is 4.79 Å². The van der Waals surface area contributed by atoms with Gasteiger partial charge in [0.25, 0.3) is 0 Å². The molecular weight excluding hydrogens is 290 g/mol. The van der Waals surface area contributed by atoms with Crippen molar-refractivity contribution < 1.29 is 14.3 Å². The number of rotatable bonds is 3. The molecule has 3 rings (SSSR count). The Morgan fingerprint density at radius 2 is 2.00 bits per heavy atom. The molecule has 0 unspecified atom stereocenters. The number of hydrogen-bond donors (Lipinski definition) is 1. The van der Waals surface area contributed by atoms with Gasteiger partial charge in [-0.2, -0.15) is 0 Å². The minimum atomic E-state index is -0.316. The van der Waals surface area contributed by atoms with E-state index in [1.807, 2.05) is 38.1 Å². The number of carbonyl (C=O) groups is 1. The third kappa shape index (κ3) is 3.71. The van der Waals surface area contributed by atoms with Crippen LogP contribution in [0.25, 0.3) is 0 Å². The van der Waals surface area contributed by atoms with Crippen LogP contribution in [0.2, 0.25) is 0 Å². The number of fused-ring (bicyclic) bond motifs is 1. The second-order valence-corrected chi connectivity index (χ2v) is 5.93. The van der Waals surface area contributed by atoms with Gasteiger partial charge in [0.05, 0.1) is 17.7 Å². The summed E-state index contributed by atoms with van der Waals surface area (Å²) < 4.78 is 11.2. The first-order chi connectivity index (χ1) is 11.1. The van der Waals surface area contributed by atoms with E-state index in [4.69, 9.17) is 9.47 Å². The molecule has 120 valence electrons. The fraction of sp³-hybridized carbons (Fsp3) is 0.316. The topological polar surface area (TPSA) is 47.6 Å². The highest BCUT2D eigenvalue weighted by Crippen LogP contribution is 2.27. The lowest BCUT2D eigenvalue weighted by atomic mass is 10.1. The van der Waals surface area contributed by atoms with E-state index in [0.29, 0.717) is 18.7 Å². The Balaban J connectivity index is 1.76. The summed E-state index contributed by atoms with van der Waals surface area (Å²) in [5.74, 6) is 0.428. The molecule has 1 N–H and O–H groups in total. The molecule has 0 spiro atoms. The second kappa shape index (κ2) is 6.84. The van der Waals surface area contributed by atoms with Gasteiger partial charge in [0.2, 0.25) is 0 Å². The van der Waals surface area contributed by atoms with Gasteiger partial charge >= 0.3 is 5.97 Å². The van der Waals surface area contributed by atoms with Crippen LogP contribution >= 0.6 is 0 Å². The molecule has 0 saturated carbocycles. The number of benzene rings is 2. The van der Waals surface area contributed by atoms with Crippen LogP contribution in [0.4, 0.5) is 0 Å². The molecule has 1 aliphatic heterocycles. The lowest BCUT2D eigenvalue weighted by molar-refractivity contribution is 0.0377. The van der Waals surface area contributed by atoms with E-state index in [0.717, 1.165) is 11.3 Å². The van der Waals surface area contributed by atoms with Crippen molar-refractivity contribution in [1.29, 1.82) is 0 Å². The molecule has 0 radical (unpaired) electrons. The van der Waals surface area contributed by atoms with Crippen molar-refractivity contribution in [3.8, 4) is 5.75 Å². The summed E-state index contributed by atoms with van der Waals surface area (Å²) in [6, 6.07) is 15.8. The van der Waals surface area contributed by atoms with Crippen LogP contribution in [-0.4, -0.2) is 18.7 Å². The fourth-order valence-electron chi connectivity index (χ4n) is 2.61. The minimum absolute atomic E-state index is 0.133.